The molecule has 0 aliphatic heterocycles. The van der Waals surface area contributed by atoms with Crippen molar-refractivity contribution in [3.8, 4) is 6.07 Å². The van der Waals surface area contributed by atoms with E-state index in [1.54, 1.807) is 12.1 Å². The van der Waals surface area contributed by atoms with E-state index in [0.717, 1.165) is 12.3 Å². The molecule has 2 atom stereocenters. The first-order valence-electron chi connectivity index (χ1n) is 7.11. The zero-order valence-electron chi connectivity index (χ0n) is 12.1. The highest BCUT2D eigenvalue weighted by molar-refractivity contribution is 5.21. The number of benzene rings is 1. The molecule has 4 heteroatoms. The molecule has 0 amide bonds. The van der Waals surface area contributed by atoms with Gasteiger partial charge in [-0.25, -0.2) is 0 Å². The highest BCUT2D eigenvalue weighted by Crippen LogP contribution is 2.20. The molecular formula is C17H20N2O2. The van der Waals surface area contributed by atoms with Crippen LogP contribution in [0.1, 0.15) is 36.3 Å². The van der Waals surface area contributed by atoms with Gasteiger partial charge in [-0.3, -0.25) is 0 Å². The van der Waals surface area contributed by atoms with E-state index in [1.165, 1.54) is 5.56 Å². The van der Waals surface area contributed by atoms with E-state index in [2.05, 4.69) is 17.4 Å². The molecule has 21 heavy (non-hydrogen) atoms. The van der Waals surface area contributed by atoms with Crippen LogP contribution in [0.5, 0.6) is 0 Å². The number of hydrogen-bond donors (Lipinski definition) is 2. The monoisotopic (exact) mass is 284 g/mol. The van der Waals surface area contributed by atoms with Gasteiger partial charge in [0.2, 0.25) is 5.76 Å². The van der Waals surface area contributed by atoms with Crippen LogP contribution in [-0.2, 0) is 6.54 Å². The van der Waals surface area contributed by atoms with E-state index in [1.807, 2.05) is 31.2 Å². The van der Waals surface area contributed by atoms with Crippen LogP contribution >= 0.6 is 0 Å². The third-order valence-electron chi connectivity index (χ3n) is 3.36. The predicted octanol–water partition coefficient (Wildman–Crippen LogP) is 2.80. The molecule has 2 unspecified atom stereocenters. The number of aliphatic hydroxyl groups excluding tert-OH is 1. The van der Waals surface area contributed by atoms with Crippen LogP contribution in [0.4, 0.5) is 0 Å². The Hall–Kier alpha value is -2.09. The summed E-state index contributed by atoms with van der Waals surface area (Å²) in [4.78, 5) is 0. The van der Waals surface area contributed by atoms with Gasteiger partial charge in [-0.15, -0.1) is 0 Å². The van der Waals surface area contributed by atoms with E-state index in [0.29, 0.717) is 18.7 Å². The number of nitriles is 1. The van der Waals surface area contributed by atoms with Crippen molar-refractivity contribution in [3.63, 3.8) is 0 Å². The largest absolute Gasteiger partial charge is 0.449 e. The summed E-state index contributed by atoms with van der Waals surface area (Å²) in [5, 5.41) is 21.7. The van der Waals surface area contributed by atoms with E-state index in [4.69, 9.17) is 9.68 Å². The number of nitrogens with one attached hydrogen (secondary N) is 1. The fraction of sp³-hybridized carbons (Fsp3) is 0.353. The third-order valence-corrected chi connectivity index (χ3v) is 3.36. The van der Waals surface area contributed by atoms with Crippen molar-refractivity contribution in [2.45, 2.75) is 31.9 Å². The lowest BCUT2D eigenvalue weighted by Crippen LogP contribution is -2.23. The molecule has 2 N–H and O–H groups in total. The van der Waals surface area contributed by atoms with Gasteiger partial charge < -0.3 is 14.8 Å². The van der Waals surface area contributed by atoms with Crippen molar-refractivity contribution in [3.05, 3.63) is 59.5 Å². The maximum absolute atomic E-state index is 9.65. The van der Waals surface area contributed by atoms with Gasteiger partial charge in [0.25, 0.3) is 0 Å². The molecule has 110 valence electrons. The van der Waals surface area contributed by atoms with Gasteiger partial charge in [0.1, 0.15) is 11.8 Å². The summed E-state index contributed by atoms with van der Waals surface area (Å²) in [5.74, 6) is 1.32. The summed E-state index contributed by atoms with van der Waals surface area (Å²) in [6.45, 7) is 3.13. The van der Waals surface area contributed by atoms with Gasteiger partial charge in [-0.2, -0.15) is 5.26 Å². The fourth-order valence-electron chi connectivity index (χ4n) is 2.38. The summed E-state index contributed by atoms with van der Waals surface area (Å²) < 4.78 is 5.33. The van der Waals surface area contributed by atoms with E-state index in [-0.39, 0.29) is 12.0 Å². The molecule has 0 bridgehead atoms. The van der Waals surface area contributed by atoms with Crippen LogP contribution in [0, 0.1) is 11.3 Å². The Morgan fingerprint density at radius 1 is 1.24 bits per heavy atom. The molecule has 0 aliphatic rings. The number of furan rings is 1. The van der Waals surface area contributed by atoms with Crippen LogP contribution < -0.4 is 5.32 Å². The minimum Gasteiger partial charge on any atom is -0.449 e. The molecule has 0 spiro atoms. The van der Waals surface area contributed by atoms with Crippen molar-refractivity contribution in [2.24, 2.45) is 0 Å². The van der Waals surface area contributed by atoms with Crippen LogP contribution in [0.3, 0.4) is 0 Å². The molecule has 2 aromatic rings. The van der Waals surface area contributed by atoms with Crippen molar-refractivity contribution in [1.82, 2.24) is 5.32 Å². The van der Waals surface area contributed by atoms with Crippen molar-refractivity contribution < 1.29 is 9.52 Å². The molecule has 1 aromatic carbocycles. The Balaban J connectivity index is 1.92. The summed E-state index contributed by atoms with van der Waals surface area (Å²) in [5.41, 5.74) is 1.21. The highest BCUT2D eigenvalue weighted by atomic mass is 16.3. The molecule has 1 heterocycles. The number of rotatable bonds is 7. The van der Waals surface area contributed by atoms with E-state index >= 15 is 0 Å². The lowest BCUT2D eigenvalue weighted by Gasteiger charge is -2.19. The maximum Gasteiger partial charge on any atom is 0.203 e. The highest BCUT2D eigenvalue weighted by Gasteiger charge is 2.14. The zero-order valence-corrected chi connectivity index (χ0v) is 12.1. The molecule has 0 fully saturated rings. The van der Waals surface area contributed by atoms with Crippen LogP contribution in [-0.4, -0.2) is 17.8 Å². The fourth-order valence-corrected chi connectivity index (χ4v) is 2.38. The van der Waals surface area contributed by atoms with Gasteiger partial charge in [0.05, 0.1) is 12.6 Å². The Bertz CT molecular complexity index is 584. The Kier molecular flexibility index (Phi) is 5.56. The Morgan fingerprint density at radius 2 is 2.00 bits per heavy atom. The summed E-state index contributed by atoms with van der Waals surface area (Å²) in [6, 6.07) is 15.6. The molecular weight excluding hydrogens is 264 g/mol. The quantitative estimate of drug-likeness (QED) is 0.820. The average Bonchev–Trinajstić information content (AvgIpc) is 2.95. The normalized spacial score (nSPS) is 13.6. The average molecular weight is 284 g/mol. The van der Waals surface area contributed by atoms with Gasteiger partial charge in [0.15, 0.2) is 0 Å². The van der Waals surface area contributed by atoms with Crippen molar-refractivity contribution in [2.75, 3.05) is 6.54 Å². The van der Waals surface area contributed by atoms with Crippen LogP contribution in [0.15, 0.2) is 46.9 Å². The third kappa shape index (κ3) is 4.75. The number of aliphatic hydroxyl groups is 1. The molecule has 0 saturated carbocycles. The summed E-state index contributed by atoms with van der Waals surface area (Å²) in [7, 11) is 0. The predicted molar refractivity (Wildman–Crippen MR) is 80.6 cm³/mol. The summed E-state index contributed by atoms with van der Waals surface area (Å²) in [6.07, 6.45) is 0.365. The second-order valence-electron chi connectivity index (χ2n) is 5.20. The second kappa shape index (κ2) is 7.63. The molecule has 0 saturated heterocycles. The first-order valence-corrected chi connectivity index (χ1v) is 7.11. The second-order valence-corrected chi connectivity index (χ2v) is 5.20. The van der Waals surface area contributed by atoms with Gasteiger partial charge >= 0.3 is 0 Å². The van der Waals surface area contributed by atoms with Gasteiger partial charge in [-0.1, -0.05) is 30.3 Å². The number of nitrogens with zero attached hydrogens (tertiary/aromatic N) is 1. The van der Waals surface area contributed by atoms with Crippen LogP contribution in [0.25, 0.3) is 0 Å². The standard InChI is InChI=1S/C17H20N2O2/c1-13(20)9-15(14-5-3-2-4-6-14)11-19-12-17-8-7-16(10-18)21-17/h2-8,13,15,19-20H,9,11-12H2,1H3. The molecule has 1 aromatic heterocycles. The maximum atomic E-state index is 9.65. The van der Waals surface area contributed by atoms with Gasteiger partial charge in [-0.05, 0) is 37.0 Å². The smallest absolute Gasteiger partial charge is 0.203 e. The zero-order chi connectivity index (χ0) is 15.1. The first-order chi connectivity index (χ1) is 10.2. The topological polar surface area (TPSA) is 69.2 Å². The first kappa shape index (κ1) is 15.3. The molecule has 0 aliphatic carbocycles. The van der Waals surface area contributed by atoms with E-state index in [9.17, 15) is 5.11 Å². The Labute approximate surface area is 125 Å². The van der Waals surface area contributed by atoms with Gasteiger partial charge in [0, 0.05) is 6.54 Å². The molecule has 4 nitrogen and oxygen atoms in total. The van der Waals surface area contributed by atoms with E-state index < -0.39 is 0 Å². The lowest BCUT2D eigenvalue weighted by molar-refractivity contribution is 0.173. The van der Waals surface area contributed by atoms with Crippen molar-refractivity contribution >= 4 is 0 Å². The molecule has 0 radical (unpaired) electrons. The minimum absolute atomic E-state index is 0.247. The SMILES string of the molecule is CC(O)CC(CNCc1ccc(C#N)o1)c1ccccc1. The number of hydrogen-bond acceptors (Lipinski definition) is 4. The lowest BCUT2D eigenvalue weighted by atomic mass is 9.93. The minimum atomic E-state index is -0.342. The summed E-state index contributed by atoms with van der Waals surface area (Å²) >= 11 is 0. The van der Waals surface area contributed by atoms with Crippen molar-refractivity contribution in [1.29, 1.82) is 5.26 Å². The van der Waals surface area contributed by atoms with Crippen LogP contribution in [0.2, 0.25) is 0 Å². The Morgan fingerprint density at radius 3 is 2.62 bits per heavy atom. The molecule has 2 rings (SSSR count).